The van der Waals surface area contributed by atoms with Crippen molar-refractivity contribution in [1.82, 2.24) is 20.2 Å². The minimum atomic E-state index is -2.91. The van der Waals surface area contributed by atoms with Gasteiger partial charge in [0.1, 0.15) is 0 Å². The van der Waals surface area contributed by atoms with E-state index in [-0.39, 0.29) is 41.5 Å². The van der Waals surface area contributed by atoms with Crippen molar-refractivity contribution in [3.05, 3.63) is 48.5 Å². The molecule has 0 bridgehead atoms. The highest BCUT2D eigenvalue weighted by molar-refractivity contribution is 14.0. The lowest BCUT2D eigenvalue weighted by atomic mass is 10.1. The van der Waals surface area contributed by atoms with Gasteiger partial charge < -0.3 is 15.2 Å². The zero-order chi connectivity index (χ0) is 17.0. The van der Waals surface area contributed by atoms with Crippen LogP contribution in [0.1, 0.15) is 12.0 Å². The second kappa shape index (κ2) is 8.65. The van der Waals surface area contributed by atoms with E-state index in [0.29, 0.717) is 18.9 Å². The third kappa shape index (κ3) is 5.18. The Bertz CT molecular complexity index is 821. The molecule has 136 valence electrons. The maximum atomic E-state index is 11.6. The number of aromatic nitrogens is 2. The molecule has 7 nitrogen and oxygen atoms in total. The van der Waals surface area contributed by atoms with Crippen LogP contribution in [-0.2, 0) is 16.4 Å². The first-order valence-electron chi connectivity index (χ1n) is 7.81. The van der Waals surface area contributed by atoms with Crippen LogP contribution in [0.2, 0.25) is 0 Å². The molecule has 3 rings (SSSR count). The number of hydrogen-bond donors (Lipinski definition) is 2. The van der Waals surface area contributed by atoms with Crippen LogP contribution in [-0.4, -0.2) is 48.5 Å². The number of halogens is 1. The Morgan fingerprint density at radius 1 is 1.40 bits per heavy atom. The quantitative estimate of drug-likeness (QED) is 0.396. The first-order chi connectivity index (χ1) is 11.6. The molecule has 1 aliphatic rings. The summed E-state index contributed by atoms with van der Waals surface area (Å²) >= 11 is 0. The number of nitrogens with one attached hydrogen (secondary N) is 2. The van der Waals surface area contributed by atoms with Gasteiger partial charge in [-0.2, -0.15) is 0 Å². The number of aliphatic imine (C=N–C) groups is 1. The molecular formula is C16H22IN5O2S. The van der Waals surface area contributed by atoms with Crippen LogP contribution < -0.4 is 10.6 Å². The zero-order valence-electron chi connectivity index (χ0n) is 13.9. The number of guanidine groups is 1. The highest BCUT2D eigenvalue weighted by Gasteiger charge is 2.28. The molecule has 9 heteroatoms. The van der Waals surface area contributed by atoms with Gasteiger partial charge in [0.15, 0.2) is 15.8 Å². The Morgan fingerprint density at radius 3 is 2.84 bits per heavy atom. The monoisotopic (exact) mass is 475 g/mol. The minimum absolute atomic E-state index is 0. The summed E-state index contributed by atoms with van der Waals surface area (Å²) in [4.78, 5) is 8.27. The Morgan fingerprint density at radius 2 is 2.20 bits per heavy atom. The predicted octanol–water partition coefficient (Wildman–Crippen LogP) is 1.34. The summed E-state index contributed by atoms with van der Waals surface area (Å²) in [6.07, 6.45) is 6.02. The summed E-state index contributed by atoms with van der Waals surface area (Å²) in [6, 6.07) is 7.95. The van der Waals surface area contributed by atoms with Crippen molar-refractivity contribution in [3.63, 3.8) is 0 Å². The van der Waals surface area contributed by atoms with Gasteiger partial charge in [-0.15, -0.1) is 24.0 Å². The summed E-state index contributed by atoms with van der Waals surface area (Å²) in [5, 5.41) is 6.44. The molecule has 2 aromatic rings. The van der Waals surface area contributed by atoms with Gasteiger partial charge in [0.05, 0.1) is 23.5 Å². The van der Waals surface area contributed by atoms with Crippen molar-refractivity contribution in [1.29, 1.82) is 0 Å². The lowest BCUT2D eigenvalue weighted by Gasteiger charge is -2.17. The number of para-hydroxylation sites is 1. The molecule has 0 radical (unpaired) electrons. The van der Waals surface area contributed by atoms with Gasteiger partial charge in [-0.05, 0) is 18.1 Å². The molecule has 1 unspecified atom stereocenters. The zero-order valence-corrected chi connectivity index (χ0v) is 17.1. The molecule has 1 saturated heterocycles. The molecule has 2 heterocycles. The predicted molar refractivity (Wildman–Crippen MR) is 109 cm³/mol. The van der Waals surface area contributed by atoms with E-state index in [0.717, 1.165) is 11.3 Å². The molecule has 25 heavy (non-hydrogen) atoms. The van der Waals surface area contributed by atoms with Crippen molar-refractivity contribution in [2.24, 2.45) is 4.99 Å². The Kier molecular flexibility index (Phi) is 6.82. The van der Waals surface area contributed by atoms with Crippen LogP contribution in [0.15, 0.2) is 48.0 Å². The average molecular weight is 475 g/mol. The maximum Gasteiger partial charge on any atom is 0.191 e. The van der Waals surface area contributed by atoms with Gasteiger partial charge in [-0.25, -0.2) is 13.4 Å². The maximum absolute atomic E-state index is 11.6. The minimum Gasteiger partial charge on any atom is -0.353 e. The van der Waals surface area contributed by atoms with Gasteiger partial charge in [-0.1, -0.05) is 18.2 Å². The lowest BCUT2D eigenvalue weighted by molar-refractivity contribution is 0.599. The first kappa shape index (κ1) is 19.7. The Labute approximate surface area is 164 Å². The average Bonchev–Trinajstić information content (AvgIpc) is 3.21. The SMILES string of the molecule is CN=C(NCc1ccccc1-n1ccnc1)NC1CCS(=O)(=O)C1.I. The fourth-order valence-electron chi connectivity index (χ4n) is 2.79. The topological polar surface area (TPSA) is 88.4 Å². The molecule has 1 atom stereocenters. The van der Waals surface area contributed by atoms with E-state index in [2.05, 4.69) is 20.6 Å². The van der Waals surface area contributed by atoms with Crippen molar-refractivity contribution < 1.29 is 8.42 Å². The van der Waals surface area contributed by atoms with E-state index < -0.39 is 9.84 Å². The first-order valence-corrected chi connectivity index (χ1v) is 9.63. The number of sulfone groups is 1. The Balaban J connectivity index is 0.00000225. The summed E-state index contributed by atoms with van der Waals surface area (Å²) in [5.41, 5.74) is 2.14. The van der Waals surface area contributed by atoms with E-state index in [1.165, 1.54) is 0 Å². The van der Waals surface area contributed by atoms with Crippen molar-refractivity contribution >= 4 is 39.8 Å². The number of nitrogens with zero attached hydrogens (tertiary/aromatic N) is 3. The molecule has 1 aliphatic heterocycles. The third-order valence-electron chi connectivity index (χ3n) is 4.02. The molecule has 0 saturated carbocycles. The fraction of sp³-hybridized carbons (Fsp3) is 0.375. The summed E-state index contributed by atoms with van der Waals surface area (Å²) in [6.45, 7) is 0.577. The highest BCUT2D eigenvalue weighted by atomic mass is 127. The summed E-state index contributed by atoms with van der Waals surface area (Å²) in [7, 11) is -1.23. The number of benzene rings is 1. The van der Waals surface area contributed by atoms with Crippen LogP contribution in [0.5, 0.6) is 0 Å². The second-order valence-electron chi connectivity index (χ2n) is 5.77. The lowest BCUT2D eigenvalue weighted by Crippen LogP contribution is -2.43. The van der Waals surface area contributed by atoms with Gasteiger partial charge in [0.25, 0.3) is 0 Å². The summed E-state index contributed by atoms with van der Waals surface area (Å²) < 4.78 is 25.1. The van der Waals surface area contributed by atoms with E-state index in [1.54, 1.807) is 19.6 Å². The van der Waals surface area contributed by atoms with Gasteiger partial charge >= 0.3 is 0 Å². The Hall–Kier alpha value is -1.62. The van der Waals surface area contributed by atoms with Crippen LogP contribution in [0.4, 0.5) is 0 Å². The largest absolute Gasteiger partial charge is 0.353 e. The van der Waals surface area contributed by atoms with Crippen LogP contribution in [0.25, 0.3) is 5.69 Å². The number of rotatable bonds is 4. The molecule has 0 amide bonds. The van der Waals surface area contributed by atoms with E-state index >= 15 is 0 Å². The molecule has 1 aromatic carbocycles. The standard InChI is InChI=1S/C16H21N5O2S.HI/c1-17-16(20-14-6-9-24(22,23)11-14)19-10-13-4-2-3-5-15(13)21-8-7-18-12-21;/h2-5,7-8,12,14H,6,9-11H2,1H3,(H2,17,19,20);1H. The van der Waals surface area contributed by atoms with Crippen LogP contribution in [0, 0.1) is 0 Å². The van der Waals surface area contributed by atoms with Crippen LogP contribution in [0.3, 0.4) is 0 Å². The molecule has 0 aliphatic carbocycles. The van der Waals surface area contributed by atoms with Gasteiger partial charge in [0.2, 0.25) is 0 Å². The molecular weight excluding hydrogens is 453 g/mol. The van der Waals surface area contributed by atoms with Crippen LogP contribution >= 0.6 is 24.0 Å². The van der Waals surface area contributed by atoms with Gasteiger partial charge in [-0.3, -0.25) is 4.99 Å². The smallest absolute Gasteiger partial charge is 0.191 e. The molecule has 0 spiro atoms. The molecule has 1 fully saturated rings. The van der Waals surface area contributed by atoms with Gasteiger partial charge in [0, 0.05) is 32.0 Å². The fourth-order valence-corrected chi connectivity index (χ4v) is 4.46. The van der Waals surface area contributed by atoms with Crippen molar-refractivity contribution in [2.75, 3.05) is 18.6 Å². The normalized spacial score (nSPS) is 19.2. The van der Waals surface area contributed by atoms with Crippen molar-refractivity contribution in [3.8, 4) is 5.69 Å². The summed E-state index contributed by atoms with van der Waals surface area (Å²) in [5.74, 6) is 1.02. The second-order valence-corrected chi connectivity index (χ2v) is 8.00. The van der Waals surface area contributed by atoms with Crippen molar-refractivity contribution in [2.45, 2.75) is 19.0 Å². The highest BCUT2D eigenvalue weighted by Crippen LogP contribution is 2.14. The van der Waals surface area contributed by atoms with E-state index in [4.69, 9.17) is 0 Å². The molecule has 1 aromatic heterocycles. The van der Waals surface area contributed by atoms with E-state index in [9.17, 15) is 8.42 Å². The van der Waals surface area contributed by atoms with E-state index in [1.807, 2.05) is 35.0 Å². The number of imidazole rings is 1. The number of hydrogen-bond acceptors (Lipinski definition) is 4. The third-order valence-corrected chi connectivity index (χ3v) is 5.79. The molecule has 2 N–H and O–H groups in total.